The molecule has 1 aliphatic rings. The van der Waals surface area contributed by atoms with Crippen molar-refractivity contribution >= 4 is 11.8 Å². The number of hydrogen-bond acceptors (Lipinski definition) is 1. The van der Waals surface area contributed by atoms with Gasteiger partial charge in [0, 0.05) is 0 Å². The SMILES string of the molecule is CC1(C)CCSCC1.O.O. The molecule has 1 fully saturated rings. The van der Waals surface area contributed by atoms with Crippen molar-refractivity contribution < 1.29 is 11.0 Å². The van der Waals surface area contributed by atoms with Gasteiger partial charge in [-0.3, -0.25) is 0 Å². The monoisotopic (exact) mass is 166 g/mol. The highest BCUT2D eigenvalue weighted by Gasteiger charge is 2.20. The molecule has 10 heavy (non-hydrogen) atoms. The van der Waals surface area contributed by atoms with Gasteiger partial charge in [-0.05, 0) is 29.8 Å². The van der Waals surface area contributed by atoms with Crippen LogP contribution in [0.2, 0.25) is 0 Å². The molecule has 0 aromatic rings. The zero-order valence-corrected chi connectivity index (χ0v) is 7.55. The second-order valence-corrected chi connectivity index (χ2v) is 4.50. The van der Waals surface area contributed by atoms with E-state index in [0.29, 0.717) is 5.41 Å². The normalized spacial score (nSPS) is 22.2. The molecule has 0 amide bonds. The molecule has 3 heteroatoms. The molecule has 0 atom stereocenters. The molecule has 0 aromatic carbocycles. The molecule has 1 heterocycles. The fourth-order valence-electron chi connectivity index (χ4n) is 0.924. The molecule has 1 aliphatic heterocycles. The smallest absolute Gasteiger partial charge is 0.00624 e. The van der Waals surface area contributed by atoms with E-state index in [1.165, 1.54) is 24.3 Å². The van der Waals surface area contributed by atoms with Crippen LogP contribution in [0.15, 0.2) is 0 Å². The summed E-state index contributed by atoms with van der Waals surface area (Å²) in [5, 5.41) is 0. The minimum atomic E-state index is 0. The summed E-state index contributed by atoms with van der Waals surface area (Å²) >= 11 is 2.10. The first kappa shape index (κ1) is 12.9. The van der Waals surface area contributed by atoms with Crippen LogP contribution in [0, 0.1) is 5.41 Å². The topological polar surface area (TPSA) is 63.0 Å². The van der Waals surface area contributed by atoms with E-state index in [2.05, 4.69) is 25.6 Å². The van der Waals surface area contributed by atoms with E-state index in [0.717, 1.165) is 0 Å². The van der Waals surface area contributed by atoms with E-state index in [4.69, 9.17) is 0 Å². The van der Waals surface area contributed by atoms with E-state index in [1.54, 1.807) is 0 Å². The largest absolute Gasteiger partial charge is 0.412 e. The second kappa shape index (κ2) is 4.99. The molecule has 1 rings (SSSR count). The van der Waals surface area contributed by atoms with Gasteiger partial charge in [0.25, 0.3) is 0 Å². The van der Waals surface area contributed by atoms with Crippen LogP contribution < -0.4 is 0 Å². The zero-order valence-electron chi connectivity index (χ0n) is 6.74. The summed E-state index contributed by atoms with van der Waals surface area (Å²) < 4.78 is 0. The maximum absolute atomic E-state index is 2.37. The Bertz CT molecular complexity index is 75.7. The molecule has 0 bridgehead atoms. The summed E-state index contributed by atoms with van der Waals surface area (Å²) in [6.45, 7) is 4.74. The highest BCUT2D eigenvalue weighted by molar-refractivity contribution is 7.99. The Kier molecular flexibility index (Phi) is 6.44. The van der Waals surface area contributed by atoms with Crippen molar-refractivity contribution in [2.75, 3.05) is 11.5 Å². The second-order valence-electron chi connectivity index (χ2n) is 3.28. The van der Waals surface area contributed by atoms with Crippen molar-refractivity contribution in [1.82, 2.24) is 0 Å². The number of hydrogen-bond donors (Lipinski definition) is 0. The van der Waals surface area contributed by atoms with Gasteiger partial charge in [0.2, 0.25) is 0 Å². The van der Waals surface area contributed by atoms with Crippen LogP contribution in [0.5, 0.6) is 0 Å². The average molecular weight is 166 g/mol. The molecule has 0 saturated carbocycles. The summed E-state index contributed by atoms with van der Waals surface area (Å²) in [4.78, 5) is 0. The van der Waals surface area contributed by atoms with Crippen LogP contribution in [0.4, 0.5) is 0 Å². The summed E-state index contributed by atoms with van der Waals surface area (Å²) in [6.07, 6.45) is 2.83. The predicted octanol–water partition coefficient (Wildman–Crippen LogP) is 0.890. The molecule has 0 spiro atoms. The van der Waals surface area contributed by atoms with Crippen LogP contribution in [0.25, 0.3) is 0 Å². The maximum Gasteiger partial charge on any atom is -0.00624 e. The maximum atomic E-state index is 2.37. The van der Waals surface area contributed by atoms with Crippen molar-refractivity contribution in [3.8, 4) is 0 Å². The van der Waals surface area contributed by atoms with E-state index < -0.39 is 0 Å². The predicted molar refractivity (Wildman–Crippen MR) is 47.6 cm³/mol. The highest BCUT2D eigenvalue weighted by atomic mass is 32.2. The molecule has 4 N–H and O–H groups in total. The van der Waals surface area contributed by atoms with Crippen LogP contribution >= 0.6 is 11.8 Å². The molecule has 0 aliphatic carbocycles. The Balaban J connectivity index is 0. The Morgan fingerprint density at radius 1 is 1.00 bits per heavy atom. The Hall–Kier alpha value is 0.270. The van der Waals surface area contributed by atoms with Crippen molar-refractivity contribution in [3.63, 3.8) is 0 Å². The molecule has 0 aromatic heterocycles. The zero-order chi connectivity index (χ0) is 6.04. The van der Waals surface area contributed by atoms with Gasteiger partial charge >= 0.3 is 0 Å². The van der Waals surface area contributed by atoms with E-state index in [9.17, 15) is 0 Å². The molecule has 64 valence electrons. The number of rotatable bonds is 0. The van der Waals surface area contributed by atoms with Crippen LogP contribution in [-0.4, -0.2) is 22.5 Å². The van der Waals surface area contributed by atoms with Gasteiger partial charge in [0.1, 0.15) is 0 Å². The fourth-order valence-corrected chi connectivity index (χ4v) is 2.52. The first-order chi connectivity index (χ1) is 3.71. The van der Waals surface area contributed by atoms with E-state index >= 15 is 0 Å². The van der Waals surface area contributed by atoms with Crippen molar-refractivity contribution in [3.05, 3.63) is 0 Å². The Morgan fingerprint density at radius 3 is 1.60 bits per heavy atom. The van der Waals surface area contributed by atoms with Crippen LogP contribution in [0.3, 0.4) is 0 Å². The van der Waals surface area contributed by atoms with Gasteiger partial charge in [-0.25, -0.2) is 0 Å². The van der Waals surface area contributed by atoms with Crippen molar-refractivity contribution in [2.24, 2.45) is 5.41 Å². The Morgan fingerprint density at radius 2 is 1.40 bits per heavy atom. The first-order valence-corrected chi connectivity index (χ1v) is 4.44. The third-order valence-electron chi connectivity index (χ3n) is 1.85. The highest BCUT2D eigenvalue weighted by Crippen LogP contribution is 2.33. The molecule has 2 nitrogen and oxygen atoms in total. The molecular formula is C7H18O2S. The molecule has 0 radical (unpaired) electrons. The quantitative estimate of drug-likeness (QED) is 0.527. The van der Waals surface area contributed by atoms with Gasteiger partial charge in [-0.15, -0.1) is 0 Å². The average Bonchev–Trinajstić information content (AvgIpc) is 1.65. The van der Waals surface area contributed by atoms with Gasteiger partial charge < -0.3 is 11.0 Å². The fraction of sp³-hybridized carbons (Fsp3) is 1.00. The van der Waals surface area contributed by atoms with Crippen LogP contribution in [0.1, 0.15) is 26.7 Å². The van der Waals surface area contributed by atoms with Crippen molar-refractivity contribution in [2.45, 2.75) is 26.7 Å². The summed E-state index contributed by atoms with van der Waals surface area (Å²) in [6, 6.07) is 0. The summed E-state index contributed by atoms with van der Waals surface area (Å²) in [7, 11) is 0. The first-order valence-electron chi connectivity index (χ1n) is 3.28. The molecular weight excluding hydrogens is 148 g/mol. The lowest BCUT2D eigenvalue weighted by Crippen LogP contribution is -2.17. The van der Waals surface area contributed by atoms with Gasteiger partial charge in [-0.1, -0.05) is 13.8 Å². The van der Waals surface area contributed by atoms with Crippen molar-refractivity contribution in [1.29, 1.82) is 0 Å². The minimum Gasteiger partial charge on any atom is -0.412 e. The third kappa shape index (κ3) is 4.14. The summed E-state index contributed by atoms with van der Waals surface area (Å²) in [5.41, 5.74) is 0.658. The molecule has 1 saturated heterocycles. The molecule has 0 unspecified atom stereocenters. The summed E-state index contributed by atoms with van der Waals surface area (Å²) in [5.74, 6) is 2.76. The minimum absolute atomic E-state index is 0. The van der Waals surface area contributed by atoms with Gasteiger partial charge in [0.15, 0.2) is 0 Å². The standard InChI is InChI=1S/C7H14S.2H2O/c1-7(2)3-5-8-6-4-7;;/h3-6H2,1-2H3;2*1H2. The van der Waals surface area contributed by atoms with Gasteiger partial charge in [-0.2, -0.15) is 11.8 Å². The van der Waals surface area contributed by atoms with E-state index in [1.807, 2.05) is 0 Å². The lowest BCUT2D eigenvalue weighted by atomic mass is 9.87. The third-order valence-corrected chi connectivity index (χ3v) is 2.83. The van der Waals surface area contributed by atoms with Gasteiger partial charge in [0.05, 0.1) is 0 Å². The lowest BCUT2D eigenvalue weighted by Gasteiger charge is -2.28. The van der Waals surface area contributed by atoms with Crippen LogP contribution in [-0.2, 0) is 0 Å². The number of thioether (sulfide) groups is 1. The Labute approximate surface area is 67.0 Å². The lowest BCUT2D eigenvalue weighted by molar-refractivity contribution is 0.336. The van der Waals surface area contributed by atoms with E-state index in [-0.39, 0.29) is 11.0 Å².